The lowest BCUT2D eigenvalue weighted by Crippen LogP contribution is -2.26. The van der Waals surface area contributed by atoms with Crippen LogP contribution >= 0.6 is 23.1 Å². The minimum Gasteiger partial charge on any atom is -0.352 e. The third-order valence-electron chi connectivity index (χ3n) is 3.61. The average Bonchev–Trinajstić information content (AvgIpc) is 3.07. The first-order valence-electron chi connectivity index (χ1n) is 8.09. The van der Waals surface area contributed by atoms with E-state index in [1.165, 1.54) is 29.2 Å². The van der Waals surface area contributed by atoms with Gasteiger partial charge in [0.25, 0.3) is 11.6 Å². The Labute approximate surface area is 164 Å². The highest BCUT2D eigenvalue weighted by Crippen LogP contribution is 2.36. The molecule has 0 radical (unpaired) electrons. The van der Waals surface area contributed by atoms with Gasteiger partial charge in [-0.1, -0.05) is 17.8 Å². The van der Waals surface area contributed by atoms with E-state index in [0.29, 0.717) is 17.9 Å². The first-order chi connectivity index (χ1) is 13.0. The summed E-state index contributed by atoms with van der Waals surface area (Å²) in [7, 11) is 0. The predicted molar refractivity (Wildman–Crippen MR) is 104 cm³/mol. The van der Waals surface area contributed by atoms with Gasteiger partial charge in [0.2, 0.25) is 0 Å². The van der Waals surface area contributed by atoms with Crippen LogP contribution in [0.5, 0.6) is 0 Å². The van der Waals surface area contributed by atoms with Crippen LogP contribution in [0.4, 0.5) is 5.69 Å². The van der Waals surface area contributed by atoms with Crippen LogP contribution in [-0.4, -0.2) is 27.3 Å². The Morgan fingerprint density at radius 3 is 2.85 bits per heavy atom. The molecule has 0 spiro atoms. The van der Waals surface area contributed by atoms with E-state index < -0.39 is 4.92 Å². The highest BCUT2D eigenvalue weighted by molar-refractivity contribution is 8.01. The number of carbonyl (C=O) groups excluding carboxylic acids is 1. The highest BCUT2D eigenvalue weighted by Gasteiger charge is 2.19. The molecule has 2 aromatic heterocycles. The zero-order chi connectivity index (χ0) is 19.2. The highest BCUT2D eigenvalue weighted by atomic mass is 32.2. The number of nitro groups is 1. The standard InChI is InChI=1S/C18H16N4O3S2/c1-12-11-26-18(21-12)27-16-6-5-13(10-15(16)22(24)25)17(23)20-9-7-14-4-2-3-8-19-14/h2-6,8,10-11H,7,9H2,1H3,(H,20,23). The van der Waals surface area contributed by atoms with Gasteiger partial charge in [0.05, 0.1) is 9.82 Å². The second-order valence-electron chi connectivity index (χ2n) is 5.62. The molecule has 27 heavy (non-hydrogen) atoms. The number of rotatable bonds is 7. The summed E-state index contributed by atoms with van der Waals surface area (Å²) < 4.78 is 0.725. The first-order valence-corrected chi connectivity index (χ1v) is 9.79. The van der Waals surface area contributed by atoms with Gasteiger partial charge >= 0.3 is 0 Å². The molecule has 3 aromatic rings. The van der Waals surface area contributed by atoms with Gasteiger partial charge in [-0.15, -0.1) is 11.3 Å². The van der Waals surface area contributed by atoms with E-state index >= 15 is 0 Å². The van der Waals surface area contributed by atoms with Crippen molar-refractivity contribution in [2.24, 2.45) is 0 Å². The minimum absolute atomic E-state index is 0.106. The van der Waals surface area contributed by atoms with Crippen LogP contribution in [-0.2, 0) is 6.42 Å². The number of nitrogens with zero attached hydrogens (tertiary/aromatic N) is 3. The number of hydrogen-bond donors (Lipinski definition) is 1. The zero-order valence-electron chi connectivity index (χ0n) is 14.4. The van der Waals surface area contributed by atoms with Crippen LogP contribution < -0.4 is 5.32 Å². The number of amides is 1. The normalized spacial score (nSPS) is 10.6. The van der Waals surface area contributed by atoms with Crippen LogP contribution in [0, 0.1) is 17.0 Å². The Balaban J connectivity index is 1.69. The molecule has 7 nitrogen and oxygen atoms in total. The Bertz CT molecular complexity index is 960. The van der Waals surface area contributed by atoms with Gasteiger partial charge in [-0.25, -0.2) is 4.98 Å². The largest absolute Gasteiger partial charge is 0.352 e. The number of nitrogens with one attached hydrogen (secondary N) is 1. The van der Waals surface area contributed by atoms with Crippen LogP contribution in [0.2, 0.25) is 0 Å². The predicted octanol–water partition coefficient (Wildman–Crippen LogP) is 3.88. The molecule has 0 fully saturated rings. The van der Waals surface area contributed by atoms with E-state index in [-0.39, 0.29) is 17.2 Å². The van der Waals surface area contributed by atoms with Gasteiger partial charge in [-0.05, 0) is 31.2 Å². The molecule has 0 saturated heterocycles. The maximum Gasteiger partial charge on any atom is 0.284 e. The van der Waals surface area contributed by atoms with Crippen molar-refractivity contribution in [1.29, 1.82) is 0 Å². The van der Waals surface area contributed by atoms with E-state index in [4.69, 9.17) is 0 Å². The number of pyridine rings is 1. The molecule has 0 atom stereocenters. The number of aromatic nitrogens is 2. The summed E-state index contributed by atoms with van der Waals surface area (Å²) >= 11 is 2.65. The molecule has 9 heteroatoms. The zero-order valence-corrected chi connectivity index (χ0v) is 16.0. The SMILES string of the molecule is Cc1csc(Sc2ccc(C(=O)NCCc3ccccn3)cc2[N+](=O)[O-])n1. The van der Waals surface area contributed by atoms with Gasteiger partial charge in [0, 0.05) is 47.6 Å². The molecule has 1 aromatic carbocycles. The Hall–Kier alpha value is -2.78. The molecule has 0 aliphatic carbocycles. The van der Waals surface area contributed by atoms with E-state index in [1.54, 1.807) is 18.3 Å². The Morgan fingerprint density at radius 2 is 2.19 bits per heavy atom. The van der Waals surface area contributed by atoms with Crippen molar-refractivity contribution < 1.29 is 9.72 Å². The quantitative estimate of drug-likeness (QED) is 0.477. The van der Waals surface area contributed by atoms with Gasteiger partial charge in [0.15, 0.2) is 4.34 Å². The van der Waals surface area contributed by atoms with Crippen LogP contribution in [0.25, 0.3) is 0 Å². The molecule has 0 saturated carbocycles. The summed E-state index contributed by atoms with van der Waals surface area (Å²) in [4.78, 5) is 32.2. The Kier molecular flexibility index (Phi) is 6.15. The molecular weight excluding hydrogens is 384 g/mol. The molecule has 138 valence electrons. The maximum atomic E-state index is 12.3. The number of aryl methyl sites for hydroxylation is 1. The molecule has 0 aliphatic heterocycles. The summed E-state index contributed by atoms with van der Waals surface area (Å²) in [5, 5.41) is 16.1. The molecule has 0 bridgehead atoms. The fourth-order valence-corrected chi connectivity index (χ4v) is 4.19. The number of hydrogen-bond acceptors (Lipinski definition) is 7. The third kappa shape index (κ3) is 5.11. The molecule has 3 rings (SSSR count). The Morgan fingerprint density at radius 1 is 1.33 bits per heavy atom. The van der Waals surface area contributed by atoms with E-state index in [2.05, 4.69) is 15.3 Å². The van der Waals surface area contributed by atoms with Crippen molar-refractivity contribution in [3.63, 3.8) is 0 Å². The number of nitro benzene ring substituents is 1. The van der Waals surface area contributed by atoms with Crippen LogP contribution in [0.3, 0.4) is 0 Å². The summed E-state index contributed by atoms with van der Waals surface area (Å²) in [5.41, 5.74) is 1.89. The molecule has 1 N–H and O–H groups in total. The monoisotopic (exact) mass is 400 g/mol. The number of carbonyl (C=O) groups is 1. The first kappa shape index (κ1) is 19.0. The summed E-state index contributed by atoms with van der Waals surface area (Å²) in [6, 6.07) is 10.1. The fraction of sp³-hybridized carbons (Fsp3) is 0.167. The van der Waals surface area contributed by atoms with Crippen LogP contribution in [0.1, 0.15) is 21.7 Å². The minimum atomic E-state index is -0.479. The van der Waals surface area contributed by atoms with Crippen molar-refractivity contribution in [2.45, 2.75) is 22.6 Å². The van der Waals surface area contributed by atoms with E-state index in [9.17, 15) is 14.9 Å². The van der Waals surface area contributed by atoms with Gasteiger partial charge in [-0.3, -0.25) is 19.9 Å². The van der Waals surface area contributed by atoms with Crippen molar-refractivity contribution in [3.8, 4) is 0 Å². The lowest BCUT2D eigenvalue weighted by atomic mass is 10.2. The molecule has 2 heterocycles. The van der Waals surface area contributed by atoms with Gasteiger partial charge in [-0.2, -0.15) is 0 Å². The van der Waals surface area contributed by atoms with E-state index in [1.807, 2.05) is 30.5 Å². The van der Waals surface area contributed by atoms with Crippen molar-refractivity contribution >= 4 is 34.7 Å². The molecule has 1 amide bonds. The number of thiazole rings is 1. The molecule has 0 aliphatic rings. The summed E-state index contributed by atoms with van der Waals surface area (Å²) in [6.45, 7) is 2.27. The van der Waals surface area contributed by atoms with E-state index in [0.717, 1.165) is 15.7 Å². The lowest BCUT2D eigenvalue weighted by Gasteiger charge is -2.07. The second-order valence-corrected chi connectivity index (χ2v) is 7.77. The molecule has 0 unspecified atom stereocenters. The van der Waals surface area contributed by atoms with Gasteiger partial charge in [0.1, 0.15) is 0 Å². The maximum absolute atomic E-state index is 12.3. The van der Waals surface area contributed by atoms with Crippen molar-refractivity contribution in [1.82, 2.24) is 15.3 Å². The van der Waals surface area contributed by atoms with Crippen LogP contribution in [0.15, 0.2) is 57.2 Å². The third-order valence-corrected chi connectivity index (χ3v) is 5.73. The topological polar surface area (TPSA) is 98.0 Å². The fourth-order valence-electron chi connectivity index (χ4n) is 2.31. The number of benzene rings is 1. The lowest BCUT2D eigenvalue weighted by molar-refractivity contribution is -0.387. The smallest absolute Gasteiger partial charge is 0.284 e. The van der Waals surface area contributed by atoms with Crippen molar-refractivity contribution in [3.05, 3.63) is 75.0 Å². The summed E-state index contributed by atoms with van der Waals surface area (Å²) in [5.74, 6) is -0.351. The second kappa shape index (κ2) is 8.74. The average molecular weight is 400 g/mol. The summed E-state index contributed by atoms with van der Waals surface area (Å²) in [6.07, 6.45) is 2.28. The molecular formula is C18H16N4O3S2. The van der Waals surface area contributed by atoms with Crippen molar-refractivity contribution in [2.75, 3.05) is 6.54 Å². The van der Waals surface area contributed by atoms with Gasteiger partial charge < -0.3 is 5.32 Å².